The lowest BCUT2D eigenvalue weighted by Gasteiger charge is -2.41. The molecule has 0 spiro atoms. The highest BCUT2D eigenvalue weighted by molar-refractivity contribution is 7.84. The number of carbonyl (C=O) groups is 2. The summed E-state index contributed by atoms with van der Waals surface area (Å²) in [6.45, 7) is 6.13. The Morgan fingerprint density at radius 3 is 2.35 bits per heavy atom. The van der Waals surface area contributed by atoms with Crippen LogP contribution in [0.1, 0.15) is 33.6 Å². The molecule has 0 aromatic heterocycles. The van der Waals surface area contributed by atoms with E-state index in [2.05, 4.69) is 5.32 Å². The molecule has 2 rings (SSSR count). The van der Waals surface area contributed by atoms with Crippen LogP contribution in [0.5, 0.6) is 0 Å². The van der Waals surface area contributed by atoms with Gasteiger partial charge in [0.15, 0.2) is 0 Å². The molecule has 6 heteroatoms. The van der Waals surface area contributed by atoms with Gasteiger partial charge in [-0.3, -0.25) is 13.8 Å². The second-order valence-corrected chi connectivity index (χ2v) is 8.11. The molecule has 1 aliphatic heterocycles. The van der Waals surface area contributed by atoms with E-state index < -0.39 is 16.8 Å². The second-order valence-electron chi connectivity index (χ2n) is 6.31. The molecule has 2 aliphatic rings. The molecular weight excluding hydrogens is 276 g/mol. The molecule has 0 bridgehead atoms. The van der Waals surface area contributed by atoms with Gasteiger partial charge in [-0.15, -0.1) is 0 Å². The van der Waals surface area contributed by atoms with Crippen molar-refractivity contribution in [3.63, 3.8) is 0 Å². The predicted octanol–water partition coefficient (Wildman–Crippen LogP) is 0.515. The number of hydrogen-bond acceptors (Lipinski definition) is 3. The number of rotatable bonds is 5. The lowest BCUT2D eigenvalue weighted by molar-refractivity contribution is -0.151. The van der Waals surface area contributed by atoms with Crippen molar-refractivity contribution in [1.82, 2.24) is 10.2 Å². The Bertz CT molecular complexity index is 434. The number of nitrogens with zero attached hydrogens (tertiary/aromatic N) is 1. The molecule has 1 heterocycles. The topological polar surface area (TPSA) is 66.5 Å². The largest absolute Gasteiger partial charge is 0.342 e. The molecule has 114 valence electrons. The first-order valence-electron chi connectivity index (χ1n) is 7.26. The summed E-state index contributed by atoms with van der Waals surface area (Å²) >= 11 is 0. The van der Waals surface area contributed by atoms with E-state index in [-0.39, 0.29) is 29.0 Å². The van der Waals surface area contributed by atoms with Crippen LogP contribution in [0.4, 0.5) is 0 Å². The zero-order valence-corrected chi connectivity index (χ0v) is 13.4. The standard InChI is InChI=1S/C14H24N2O3S/c1-8(2)12-13(17)15-11(10-5-6-10)14(18)16(12)7-9(3)20(4)19/h8-12H,5-7H2,1-4H3,(H,15,17). The molecular formula is C14H24N2O3S. The Labute approximate surface area is 122 Å². The summed E-state index contributed by atoms with van der Waals surface area (Å²) in [5.41, 5.74) is 0. The van der Waals surface area contributed by atoms with Gasteiger partial charge in [0.1, 0.15) is 12.1 Å². The van der Waals surface area contributed by atoms with Gasteiger partial charge in [0.25, 0.3) is 0 Å². The molecule has 2 fully saturated rings. The maximum atomic E-state index is 12.6. The average molecular weight is 300 g/mol. The molecule has 1 aliphatic carbocycles. The summed E-state index contributed by atoms with van der Waals surface area (Å²) in [6, 6.07) is -0.807. The smallest absolute Gasteiger partial charge is 0.246 e. The molecule has 2 amide bonds. The van der Waals surface area contributed by atoms with Crippen LogP contribution in [0.2, 0.25) is 0 Å². The van der Waals surface area contributed by atoms with Gasteiger partial charge in [-0.1, -0.05) is 13.8 Å². The van der Waals surface area contributed by atoms with E-state index >= 15 is 0 Å². The summed E-state index contributed by atoms with van der Waals surface area (Å²) in [7, 11) is -0.998. The molecule has 0 radical (unpaired) electrons. The van der Waals surface area contributed by atoms with Crippen molar-refractivity contribution in [3.05, 3.63) is 0 Å². The van der Waals surface area contributed by atoms with Crippen LogP contribution in [-0.4, -0.2) is 51.1 Å². The number of carbonyl (C=O) groups excluding carboxylic acids is 2. The van der Waals surface area contributed by atoms with E-state index in [9.17, 15) is 13.8 Å². The van der Waals surface area contributed by atoms with Gasteiger partial charge in [-0.2, -0.15) is 0 Å². The van der Waals surface area contributed by atoms with Gasteiger partial charge in [-0.05, 0) is 31.6 Å². The molecule has 0 aromatic carbocycles. The van der Waals surface area contributed by atoms with E-state index in [4.69, 9.17) is 0 Å². The van der Waals surface area contributed by atoms with E-state index in [0.717, 1.165) is 12.8 Å². The van der Waals surface area contributed by atoms with Crippen molar-refractivity contribution >= 4 is 22.6 Å². The minimum Gasteiger partial charge on any atom is -0.342 e. The Morgan fingerprint density at radius 2 is 1.90 bits per heavy atom. The molecule has 4 unspecified atom stereocenters. The summed E-state index contributed by atoms with van der Waals surface area (Å²) in [4.78, 5) is 26.6. The van der Waals surface area contributed by atoms with Crippen LogP contribution in [0.25, 0.3) is 0 Å². The van der Waals surface area contributed by atoms with E-state index in [1.807, 2.05) is 20.8 Å². The quantitative estimate of drug-likeness (QED) is 0.805. The predicted molar refractivity (Wildman–Crippen MR) is 78.5 cm³/mol. The van der Waals surface area contributed by atoms with Crippen molar-refractivity contribution in [2.45, 2.75) is 50.9 Å². The van der Waals surface area contributed by atoms with Crippen molar-refractivity contribution < 1.29 is 13.8 Å². The summed E-state index contributed by atoms with van der Waals surface area (Å²) in [5.74, 6) is 0.287. The molecule has 1 saturated carbocycles. The molecule has 0 aromatic rings. The van der Waals surface area contributed by atoms with Crippen molar-refractivity contribution in [2.75, 3.05) is 12.8 Å². The van der Waals surface area contributed by atoms with Crippen LogP contribution in [0, 0.1) is 11.8 Å². The van der Waals surface area contributed by atoms with Gasteiger partial charge < -0.3 is 10.2 Å². The van der Waals surface area contributed by atoms with Gasteiger partial charge >= 0.3 is 0 Å². The molecule has 1 saturated heterocycles. The third-order valence-electron chi connectivity index (χ3n) is 4.20. The lowest BCUT2D eigenvalue weighted by Crippen LogP contribution is -2.66. The first-order chi connectivity index (χ1) is 9.32. The Hall–Kier alpha value is -0.910. The molecule has 5 nitrogen and oxygen atoms in total. The Kier molecular flexibility index (Phi) is 4.52. The normalized spacial score (nSPS) is 30.4. The molecule has 1 N–H and O–H groups in total. The Balaban J connectivity index is 2.21. The number of amides is 2. The molecule has 20 heavy (non-hydrogen) atoms. The highest BCUT2D eigenvalue weighted by atomic mass is 32.2. The van der Waals surface area contributed by atoms with Gasteiger partial charge in [0.2, 0.25) is 11.8 Å². The fraction of sp³-hybridized carbons (Fsp3) is 0.857. The van der Waals surface area contributed by atoms with Gasteiger partial charge in [0, 0.05) is 28.9 Å². The number of piperazine rings is 1. The van der Waals surface area contributed by atoms with E-state index in [1.165, 1.54) is 0 Å². The second kappa shape index (κ2) is 5.84. The average Bonchev–Trinajstić information content (AvgIpc) is 3.16. The van der Waals surface area contributed by atoms with E-state index in [1.54, 1.807) is 11.2 Å². The van der Waals surface area contributed by atoms with Crippen LogP contribution in [0.15, 0.2) is 0 Å². The van der Waals surface area contributed by atoms with Gasteiger partial charge in [0.05, 0.1) is 0 Å². The Morgan fingerprint density at radius 1 is 1.30 bits per heavy atom. The summed E-state index contributed by atoms with van der Waals surface area (Å²) < 4.78 is 11.6. The zero-order chi connectivity index (χ0) is 15.0. The zero-order valence-electron chi connectivity index (χ0n) is 12.6. The minimum absolute atomic E-state index is 0.00287. The number of nitrogens with one attached hydrogen (secondary N) is 1. The van der Waals surface area contributed by atoms with Crippen LogP contribution in [-0.2, 0) is 20.4 Å². The highest BCUT2D eigenvalue weighted by Gasteiger charge is 2.47. The minimum atomic E-state index is -0.998. The first kappa shape index (κ1) is 15.5. The maximum Gasteiger partial charge on any atom is 0.246 e. The van der Waals surface area contributed by atoms with Crippen molar-refractivity contribution in [2.24, 2.45) is 11.8 Å². The summed E-state index contributed by atoms with van der Waals surface area (Å²) in [5, 5.41) is 2.77. The van der Waals surface area contributed by atoms with Crippen LogP contribution >= 0.6 is 0 Å². The maximum absolute atomic E-state index is 12.6. The fourth-order valence-corrected chi connectivity index (χ4v) is 3.13. The monoisotopic (exact) mass is 300 g/mol. The first-order valence-corrected chi connectivity index (χ1v) is 8.88. The lowest BCUT2D eigenvalue weighted by atomic mass is 9.95. The third-order valence-corrected chi connectivity index (χ3v) is 5.48. The number of hydrogen-bond donors (Lipinski definition) is 1. The van der Waals surface area contributed by atoms with Crippen molar-refractivity contribution in [3.8, 4) is 0 Å². The van der Waals surface area contributed by atoms with Crippen LogP contribution in [0.3, 0.4) is 0 Å². The van der Waals surface area contributed by atoms with Crippen LogP contribution < -0.4 is 5.32 Å². The fourth-order valence-electron chi connectivity index (χ4n) is 2.75. The van der Waals surface area contributed by atoms with Gasteiger partial charge in [-0.25, -0.2) is 0 Å². The SMILES string of the molecule is CC(C)C1C(=O)NC(C2CC2)C(=O)N1CC(C)S(C)=O. The van der Waals surface area contributed by atoms with Crippen molar-refractivity contribution in [1.29, 1.82) is 0 Å². The highest BCUT2D eigenvalue weighted by Crippen LogP contribution is 2.35. The molecule has 4 atom stereocenters. The van der Waals surface area contributed by atoms with E-state index in [0.29, 0.717) is 12.5 Å². The summed E-state index contributed by atoms with van der Waals surface area (Å²) in [6.07, 6.45) is 3.65. The third kappa shape index (κ3) is 3.05.